The molecule has 1 fully saturated rings. The maximum absolute atomic E-state index is 12.2. The van der Waals surface area contributed by atoms with Gasteiger partial charge in [-0.1, -0.05) is 34.1 Å². The van der Waals surface area contributed by atoms with Crippen LogP contribution in [-0.4, -0.2) is 37.9 Å². The van der Waals surface area contributed by atoms with Crippen LogP contribution in [0.2, 0.25) is 0 Å². The molecule has 0 saturated carbocycles. The first-order valence-corrected chi connectivity index (χ1v) is 7.22. The standard InChI is InChI=1S/C14H18BrNO3/c1-2-18-13(17)14(10-16-7-8-19-14)9-11-5-3-4-6-12(11)15/h3-6,16H,2,7-10H2,1H3/t14-/m1/s1. The highest BCUT2D eigenvalue weighted by molar-refractivity contribution is 9.10. The van der Waals surface area contributed by atoms with E-state index in [4.69, 9.17) is 9.47 Å². The van der Waals surface area contributed by atoms with Crippen LogP contribution < -0.4 is 5.32 Å². The van der Waals surface area contributed by atoms with Gasteiger partial charge in [-0.3, -0.25) is 0 Å². The number of ether oxygens (including phenoxy) is 2. The van der Waals surface area contributed by atoms with Crippen LogP contribution in [0.3, 0.4) is 0 Å². The Kier molecular flexibility index (Phi) is 4.96. The molecular formula is C14H18BrNO3. The van der Waals surface area contributed by atoms with Crippen LogP contribution >= 0.6 is 15.9 Å². The summed E-state index contributed by atoms with van der Waals surface area (Å²) < 4.78 is 11.9. The number of benzene rings is 1. The number of rotatable bonds is 4. The fourth-order valence-corrected chi connectivity index (χ4v) is 2.61. The van der Waals surface area contributed by atoms with Gasteiger partial charge in [0.15, 0.2) is 5.60 Å². The smallest absolute Gasteiger partial charge is 0.340 e. The normalized spacial score (nSPS) is 23.1. The molecule has 1 saturated heterocycles. The summed E-state index contributed by atoms with van der Waals surface area (Å²) in [6, 6.07) is 7.85. The highest BCUT2D eigenvalue weighted by Gasteiger charge is 2.43. The molecule has 0 spiro atoms. The Bertz CT molecular complexity index is 444. The van der Waals surface area contributed by atoms with Gasteiger partial charge in [0, 0.05) is 24.0 Å². The molecule has 0 aromatic heterocycles. The van der Waals surface area contributed by atoms with Crippen molar-refractivity contribution in [1.29, 1.82) is 0 Å². The van der Waals surface area contributed by atoms with E-state index in [1.165, 1.54) is 0 Å². The predicted molar refractivity (Wildman–Crippen MR) is 76.0 cm³/mol. The molecule has 1 heterocycles. The maximum atomic E-state index is 12.2. The second kappa shape index (κ2) is 6.50. The van der Waals surface area contributed by atoms with Crippen LogP contribution in [0.25, 0.3) is 0 Å². The van der Waals surface area contributed by atoms with Crippen molar-refractivity contribution in [2.24, 2.45) is 0 Å². The van der Waals surface area contributed by atoms with E-state index in [9.17, 15) is 4.79 Å². The molecule has 0 radical (unpaired) electrons. The summed E-state index contributed by atoms with van der Waals surface area (Å²) in [5, 5.41) is 3.21. The third-order valence-electron chi connectivity index (χ3n) is 3.15. The summed E-state index contributed by atoms with van der Waals surface area (Å²) in [7, 11) is 0. The number of morpholine rings is 1. The molecule has 1 atom stereocenters. The van der Waals surface area contributed by atoms with E-state index in [0.717, 1.165) is 16.6 Å². The molecule has 5 heteroatoms. The number of halogens is 1. The topological polar surface area (TPSA) is 47.6 Å². The molecule has 0 aliphatic carbocycles. The van der Waals surface area contributed by atoms with Crippen molar-refractivity contribution in [3.05, 3.63) is 34.3 Å². The van der Waals surface area contributed by atoms with Gasteiger partial charge in [-0.2, -0.15) is 0 Å². The van der Waals surface area contributed by atoms with Gasteiger partial charge in [-0.15, -0.1) is 0 Å². The van der Waals surface area contributed by atoms with Gasteiger partial charge in [0.1, 0.15) is 0 Å². The van der Waals surface area contributed by atoms with Crippen molar-refractivity contribution in [3.63, 3.8) is 0 Å². The molecule has 1 aromatic carbocycles. The third-order valence-corrected chi connectivity index (χ3v) is 3.92. The molecule has 1 aliphatic rings. The molecule has 1 N–H and O–H groups in total. The van der Waals surface area contributed by atoms with Crippen LogP contribution in [0.5, 0.6) is 0 Å². The molecule has 1 aromatic rings. The number of nitrogens with one attached hydrogen (secondary N) is 1. The van der Waals surface area contributed by atoms with Crippen molar-refractivity contribution in [2.45, 2.75) is 18.9 Å². The number of esters is 1. The second-order valence-electron chi connectivity index (χ2n) is 4.51. The number of hydrogen-bond acceptors (Lipinski definition) is 4. The van der Waals surface area contributed by atoms with E-state index in [-0.39, 0.29) is 5.97 Å². The van der Waals surface area contributed by atoms with E-state index in [1.54, 1.807) is 6.92 Å². The molecule has 4 nitrogen and oxygen atoms in total. The lowest BCUT2D eigenvalue weighted by Gasteiger charge is -2.35. The Morgan fingerprint density at radius 1 is 1.53 bits per heavy atom. The monoisotopic (exact) mass is 327 g/mol. The van der Waals surface area contributed by atoms with E-state index < -0.39 is 5.60 Å². The Balaban J connectivity index is 2.23. The third kappa shape index (κ3) is 3.35. The van der Waals surface area contributed by atoms with E-state index in [1.807, 2.05) is 24.3 Å². The van der Waals surface area contributed by atoms with Gasteiger partial charge < -0.3 is 14.8 Å². The molecule has 1 aliphatic heterocycles. The fourth-order valence-electron chi connectivity index (χ4n) is 2.19. The minimum Gasteiger partial charge on any atom is -0.464 e. The first-order valence-electron chi connectivity index (χ1n) is 6.43. The summed E-state index contributed by atoms with van der Waals surface area (Å²) >= 11 is 3.51. The SMILES string of the molecule is CCOC(=O)[C@@]1(Cc2ccccc2Br)CNCCO1. The summed E-state index contributed by atoms with van der Waals surface area (Å²) in [5.41, 5.74) is 0.122. The highest BCUT2D eigenvalue weighted by Crippen LogP contribution is 2.26. The molecule has 0 amide bonds. The lowest BCUT2D eigenvalue weighted by molar-refractivity contribution is -0.175. The van der Waals surface area contributed by atoms with E-state index in [2.05, 4.69) is 21.2 Å². The Hall–Kier alpha value is -0.910. The van der Waals surface area contributed by atoms with Gasteiger partial charge in [0.05, 0.1) is 13.2 Å². The average molecular weight is 328 g/mol. The van der Waals surface area contributed by atoms with Crippen molar-refractivity contribution < 1.29 is 14.3 Å². The minimum atomic E-state index is -0.919. The Morgan fingerprint density at radius 3 is 2.95 bits per heavy atom. The van der Waals surface area contributed by atoms with Gasteiger partial charge >= 0.3 is 5.97 Å². The highest BCUT2D eigenvalue weighted by atomic mass is 79.9. The number of hydrogen-bond donors (Lipinski definition) is 1. The van der Waals surface area contributed by atoms with Crippen molar-refractivity contribution in [1.82, 2.24) is 5.32 Å². The lowest BCUT2D eigenvalue weighted by atomic mass is 9.93. The van der Waals surface area contributed by atoms with E-state index in [0.29, 0.717) is 26.2 Å². The van der Waals surface area contributed by atoms with Crippen LogP contribution in [0.15, 0.2) is 28.7 Å². The van der Waals surface area contributed by atoms with Crippen molar-refractivity contribution in [2.75, 3.05) is 26.3 Å². The quantitative estimate of drug-likeness (QED) is 0.858. The molecule has 104 valence electrons. The van der Waals surface area contributed by atoms with Crippen LogP contribution in [0.1, 0.15) is 12.5 Å². The molecule has 2 rings (SSSR count). The van der Waals surface area contributed by atoms with Gasteiger partial charge in [-0.25, -0.2) is 4.79 Å². The maximum Gasteiger partial charge on any atom is 0.340 e. The zero-order chi connectivity index (χ0) is 13.7. The number of carbonyl (C=O) groups is 1. The summed E-state index contributed by atoms with van der Waals surface area (Å²) in [6.45, 7) is 3.92. The summed E-state index contributed by atoms with van der Waals surface area (Å²) in [4.78, 5) is 12.2. The Morgan fingerprint density at radius 2 is 2.32 bits per heavy atom. The second-order valence-corrected chi connectivity index (χ2v) is 5.36. The zero-order valence-corrected chi connectivity index (χ0v) is 12.5. The van der Waals surface area contributed by atoms with Gasteiger partial charge in [-0.05, 0) is 18.6 Å². The van der Waals surface area contributed by atoms with Crippen LogP contribution in [-0.2, 0) is 20.7 Å². The number of carbonyl (C=O) groups excluding carboxylic acids is 1. The lowest BCUT2D eigenvalue weighted by Crippen LogP contribution is -2.57. The fraction of sp³-hybridized carbons (Fsp3) is 0.500. The van der Waals surface area contributed by atoms with Gasteiger partial charge in [0.2, 0.25) is 0 Å². The molecule has 0 unspecified atom stereocenters. The van der Waals surface area contributed by atoms with Crippen LogP contribution in [0.4, 0.5) is 0 Å². The largest absolute Gasteiger partial charge is 0.464 e. The summed E-state index contributed by atoms with van der Waals surface area (Å²) in [5.74, 6) is -0.294. The van der Waals surface area contributed by atoms with Crippen molar-refractivity contribution in [3.8, 4) is 0 Å². The molecule has 0 bridgehead atoms. The average Bonchev–Trinajstić information content (AvgIpc) is 2.43. The zero-order valence-electron chi connectivity index (χ0n) is 10.9. The predicted octanol–water partition coefficient (Wildman–Crippen LogP) is 1.91. The van der Waals surface area contributed by atoms with Crippen LogP contribution in [0, 0.1) is 0 Å². The minimum absolute atomic E-state index is 0.294. The summed E-state index contributed by atoms with van der Waals surface area (Å²) in [6.07, 6.45) is 0.500. The van der Waals surface area contributed by atoms with Crippen molar-refractivity contribution >= 4 is 21.9 Å². The molecular weight excluding hydrogens is 310 g/mol. The first-order chi connectivity index (χ1) is 9.18. The first kappa shape index (κ1) is 14.5. The van der Waals surface area contributed by atoms with E-state index >= 15 is 0 Å². The molecule has 19 heavy (non-hydrogen) atoms. The van der Waals surface area contributed by atoms with Gasteiger partial charge in [0.25, 0.3) is 0 Å². The Labute approximate surface area is 121 Å².